The van der Waals surface area contributed by atoms with Crippen LogP contribution in [-0.2, 0) is 9.59 Å². The normalized spacial score (nSPS) is 32.6. The van der Waals surface area contributed by atoms with Crippen molar-refractivity contribution in [3.05, 3.63) is 0 Å². The Balaban J connectivity index is 1.88. The largest absolute Gasteiger partial charge is 0.481 e. The molecule has 5 heteroatoms. The SMILES string of the molecule is O=C(O)CCN1CC2CCC1CC2CC(=O)O. The van der Waals surface area contributed by atoms with Gasteiger partial charge >= 0.3 is 11.9 Å². The second-order valence-electron chi connectivity index (χ2n) is 5.22. The van der Waals surface area contributed by atoms with Crippen LogP contribution in [0, 0.1) is 11.8 Å². The monoisotopic (exact) mass is 241 g/mol. The molecule has 0 radical (unpaired) electrons. The molecule has 2 N–H and O–H groups in total. The lowest BCUT2D eigenvalue weighted by Gasteiger charge is -2.49. The summed E-state index contributed by atoms with van der Waals surface area (Å²) < 4.78 is 0. The van der Waals surface area contributed by atoms with Gasteiger partial charge in [-0.25, -0.2) is 0 Å². The molecule has 3 fully saturated rings. The van der Waals surface area contributed by atoms with Gasteiger partial charge in [0.05, 0.1) is 6.42 Å². The molecule has 2 heterocycles. The van der Waals surface area contributed by atoms with Gasteiger partial charge < -0.3 is 10.2 Å². The van der Waals surface area contributed by atoms with Gasteiger partial charge in [-0.2, -0.15) is 0 Å². The fourth-order valence-electron chi connectivity index (χ4n) is 3.31. The Morgan fingerprint density at radius 2 is 1.94 bits per heavy atom. The molecule has 0 aromatic heterocycles. The minimum absolute atomic E-state index is 0.187. The lowest BCUT2D eigenvalue weighted by Crippen LogP contribution is -2.52. The number of rotatable bonds is 5. The molecule has 5 nitrogen and oxygen atoms in total. The van der Waals surface area contributed by atoms with Crippen LogP contribution in [0.4, 0.5) is 0 Å². The first kappa shape index (κ1) is 12.4. The van der Waals surface area contributed by atoms with Crippen LogP contribution in [0.5, 0.6) is 0 Å². The van der Waals surface area contributed by atoms with E-state index in [1.807, 2.05) is 0 Å². The van der Waals surface area contributed by atoms with E-state index in [0.717, 1.165) is 25.8 Å². The fraction of sp³-hybridized carbons (Fsp3) is 0.833. The van der Waals surface area contributed by atoms with E-state index in [4.69, 9.17) is 10.2 Å². The van der Waals surface area contributed by atoms with Gasteiger partial charge in [-0.15, -0.1) is 0 Å². The molecule has 2 aliphatic heterocycles. The van der Waals surface area contributed by atoms with Crippen LogP contribution in [0.15, 0.2) is 0 Å². The van der Waals surface area contributed by atoms with Crippen LogP contribution in [0.3, 0.4) is 0 Å². The maximum atomic E-state index is 10.7. The number of carboxylic acids is 2. The second-order valence-corrected chi connectivity index (χ2v) is 5.22. The second kappa shape index (κ2) is 5.04. The first-order valence-corrected chi connectivity index (χ1v) is 6.24. The maximum Gasteiger partial charge on any atom is 0.304 e. The Kier molecular flexibility index (Phi) is 3.66. The van der Waals surface area contributed by atoms with Crippen molar-refractivity contribution in [1.29, 1.82) is 0 Å². The molecule has 1 saturated carbocycles. The van der Waals surface area contributed by atoms with Crippen LogP contribution in [-0.4, -0.2) is 46.2 Å². The maximum absolute atomic E-state index is 10.7. The minimum Gasteiger partial charge on any atom is -0.481 e. The molecule has 17 heavy (non-hydrogen) atoms. The molecule has 1 aliphatic carbocycles. The van der Waals surface area contributed by atoms with Gasteiger partial charge in [-0.1, -0.05) is 0 Å². The third-order valence-electron chi connectivity index (χ3n) is 4.15. The van der Waals surface area contributed by atoms with Gasteiger partial charge in [-0.3, -0.25) is 14.5 Å². The number of hydrogen-bond donors (Lipinski definition) is 2. The summed E-state index contributed by atoms with van der Waals surface area (Å²) in [7, 11) is 0. The molecule has 3 aliphatic rings. The smallest absolute Gasteiger partial charge is 0.304 e. The predicted octanol–water partition coefficient (Wildman–Crippen LogP) is 1.04. The van der Waals surface area contributed by atoms with Gasteiger partial charge in [0.1, 0.15) is 0 Å². The Hall–Kier alpha value is -1.10. The molecule has 0 spiro atoms. The van der Waals surface area contributed by atoms with Crippen molar-refractivity contribution >= 4 is 11.9 Å². The summed E-state index contributed by atoms with van der Waals surface area (Å²) in [6.45, 7) is 1.49. The average Bonchev–Trinajstić information content (AvgIpc) is 2.26. The van der Waals surface area contributed by atoms with E-state index in [9.17, 15) is 9.59 Å². The fourth-order valence-corrected chi connectivity index (χ4v) is 3.31. The number of carbonyl (C=O) groups is 2. The summed E-state index contributed by atoms with van der Waals surface area (Å²) in [5.74, 6) is -0.717. The van der Waals surface area contributed by atoms with Crippen LogP contribution in [0.2, 0.25) is 0 Å². The Labute approximate surface area is 100 Å². The third kappa shape index (κ3) is 2.97. The Bertz CT molecular complexity index is 318. The predicted molar refractivity (Wildman–Crippen MR) is 60.7 cm³/mol. The third-order valence-corrected chi connectivity index (χ3v) is 4.15. The summed E-state index contributed by atoms with van der Waals surface area (Å²) in [5, 5.41) is 17.5. The highest BCUT2D eigenvalue weighted by Gasteiger charge is 2.40. The average molecular weight is 241 g/mol. The van der Waals surface area contributed by atoms with E-state index in [1.54, 1.807) is 0 Å². The molecule has 3 unspecified atom stereocenters. The molecule has 0 aromatic rings. The molecule has 3 atom stereocenters. The van der Waals surface area contributed by atoms with E-state index in [-0.39, 0.29) is 12.8 Å². The van der Waals surface area contributed by atoms with Crippen molar-refractivity contribution in [3.63, 3.8) is 0 Å². The summed E-state index contributed by atoms with van der Waals surface area (Å²) >= 11 is 0. The molecule has 2 bridgehead atoms. The quantitative estimate of drug-likeness (QED) is 0.752. The van der Waals surface area contributed by atoms with Crippen LogP contribution in [0.1, 0.15) is 32.1 Å². The minimum atomic E-state index is -0.756. The van der Waals surface area contributed by atoms with E-state index in [1.165, 1.54) is 0 Å². The van der Waals surface area contributed by atoms with Crippen molar-refractivity contribution in [2.45, 2.75) is 38.1 Å². The molecular weight excluding hydrogens is 222 g/mol. The molecule has 0 amide bonds. The van der Waals surface area contributed by atoms with Gasteiger partial charge in [-0.05, 0) is 31.1 Å². The summed E-state index contributed by atoms with van der Waals surface area (Å²) in [6.07, 6.45) is 3.59. The lowest BCUT2D eigenvalue weighted by molar-refractivity contribution is -0.140. The van der Waals surface area contributed by atoms with E-state index in [2.05, 4.69) is 4.90 Å². The molecular formula is C12H19NO4. The van der Waals surface area contributed by atoms with Crippen molar-refractivity contribution in [2.75, 3.05) is 13.1 Å². The number of nitrogens with zero attached hydrogens (tertiary/aromatic N) is 1. The summed E-state index contributed by atoms with van der Waals surface area (Å²) in [5.41, 5.74) is 0. The van der Waals surface area contributed by atoms with E-state index in [0.29, 0.717) is 24.4 Å². The Morgan fingerprint density at radius 3 is 2.47 bits per heavy atom. The van der Waals surface area contributed by atoms with Gasteiger partial charge in [0, 0.05) is 25.6 Å². The zero-order chi connectivity index (χ0) is 12.4. The van der Waals surface area contributed by atoms with Crippen molar-refractivity contribution in [1.82, 2.24) is 4.90 Å². The number of hydrogen-bond acceptors (Lipinski definition) is 3. The highest BCUT2D eigenvalue weighted by Crippen LogP contribution is 2.40. The van der Waals surface area contributed by atoms with Crippen molar-refractivity contribution in [2.24, 2.45) is 11.8 Å². The first-order valence-electron chi connectivity index (χ1n) is 6.24. The zero-order valence-corrected chi connectivity index (χ0v) is 9.84. The van der Waals surface area contributed by atoms with Gasteiger partial charge in [0.2, 0.25) is 0 Å². The zero-order valence-electron chi connectivity index (χ0n) is 9.84. The summed E-state index contributed by atoms with van der Waals surface area (Å²) in [6, 6.07) is 0.406. The number of carboxylic acid groups (broad SMARTS) is 2. The lowest BCUT2D eigenvalue weighted by atomic mass is 9.70. The molecule has 3 rings (SSSR count). The first-order chi connectivity index (χ1) is 8.06. The Morgan fingerprint density at radius 1 is 1.18 bits per heavy atom. The van der Waals surface area contributed by atoms with E-state index < -0.39 is 11.9 Å². The van der Waals surface area contributed by atoms with Crippen molar-refractivity contribution < 1.29 is 19.8 Å². The van der Waals surface area contributed by atoms with Crippen LogP contribution >= 0.6 is 0 Å². The van der Waals surface area contributed by atoms with Crippen LogP contribution in [0.25, 0.3) is 0 Å². The van der Waals surface area contributed by atoms with E-state index >= 15 is 0 Å². The standard InChI is InChI=1S/C12H19NO4/c14-11(15)3-4-13-7-8-1-2-10(13)5-9(8)6-12(16)17/h8-10H,1-7H2,(H,14,15)(H,16,17). The molecule has 0 aromatic carbocycles. The van der Waals surface area contributed by atoms with Crippen molar-refractivity contribution in [3.8, 4) is 0 Å². The topological polar surface area (TPSA) is 77.8 Å². The number of fused-ring (bicyclic) bond motifs is 3. The van der Waals surface area contributed by atoms with Gasteiger partial charge in [0.25, 0.3) is 0 Å². The molecule has 96 valence electrons. The number of piperidine rings is 2. The highest BCUT2D eigenvalue weighted by molar-refractivity contribution is 5.67. The molecule has 2 saturated heterocycles. The van der Waals surface area contributed by atoms with Gasteiger partial charge in [0.15, 0.2) is 0 Å². The van der Waals surface area contributed by atoms with Crippen LogP contribution < -0.4 is 0 Å². The summed E-state index contributed by atoms with van der Waals surface area (Å²) in [4.78, 5) is 23.5. The number of aliphatic carboxylic acids is 2. The highest BCUT2D eigenvalue weighted by atomic mass is 16.4.